The summed E-state index contributed by atoms with van der Waals surface area (Å²) in [5.74, 6) is -7.76. The Bertz CT molecular complexity index is 1290. The van der Waals surface area contributed by atoms with Gasteiger partial charge in [0, 0.05) is 43.8 Å². The van der Waals surface area contributed by atoms with Crippen molar-refractivity contribution in [1.29, 1.82) is 0 Å². The van der Waals surface area contributed by atoms with Crippen molar-refractivity contribution in [3.8, 4) is 0 Å². The van der Waals surface area contributed by atoms with Gasteiger partial charge in [-0.1, -0.05) is 30.3 Å². The van der Waals surface area contributed by atoms with E-state index in [-0.39, 0.29) is 31.1 Å². The van der Waals surface area contributed by atoms with E-state index < -0.39 is 29.8 Å². The molecule has 2 aliphatic rings. The number of hydrogen-bond acceptors (Lipinski definition) is 3. The molecule has 0 bridgehead atoms. The maximum atomic E-state index is 13.6. The Morgan fingerprint density at radius 1 is 1.14 bits per heavy atom. The molecule has 10 heteroatoms. The van der Waals surface area contributed by atoms with Crippen LogP contribution in [0.1, 0.15) is 50.6 Å². The average molecular weight is 517 g/mol. The number of carbonyl (C=O) groups is 2. The van der Waals surface area contributed by atoms with Crippen molar-refractivity contribution in [3.63, 3.8) is 0 Å². The molecule has 2 heterocycles. The van der Waals surface area contributed by atoms with Gasteiger partial charge in [-0.15, -0.1) is 0 Å². The Labute approximate surface area is 211 Å². The maximum Gasteiger partial charge on any atom is 0.321 e. The lowest BCUT2D eigenvalue weighted by atomic mass is 9.87. The molecule has 2 amide bonds. The fourth-order valence-corrected chi connectivity index (χ4v) is 5.39. The SMILES string of the molecule is CC(F)(F)C(=O)N[C@H]1CC(=O)N(c2ccc3c(cnn3CC3CCC(F)(F)CC3)c2)C1c1ccccc1. The van der Waals surface area contributed by atoms with Crippen molar-refractivity contribution in [2.45, 2.75) is 69.5 Å². The summed E-state index contributed by atoms with van der Waals surface area (Å²) in [6.07, 6.45) is 2.21. The summed E-state index contributed by atoms with van der Waals surface area (Å²) < 4.78 is 56.1. The molecule has 1 saturated carbocycles. The molecule has 1 aliphatic carbocycles. The van der Waals surface area contributed by atoms with E-state index >= 15 is 0 Å². The molecule has 196 valence electrons. The van der Waals surface area contributed by atoms with Crippen LogP contribution in [0, 0.1) is 5.92 Å². The Balaban J connectivity index is 1.42. The summed E-state index contributed by atoms with van der Waals surface area (Å²) in [5.41, 5.74) is 2.09. The van der Waals surface area contributed by atoms with Gasteiger partial charge in [0.05, 0.1) is 23.8 Å². The van der Waals surface area contributed by atoms with Crippen LogP contribution in [0.3, 0.4) is 0 Å². The van der Waals surface area contributed by atoms with Crippen LogP contribution in [0.25, 0.3) is 10.9 Å². The van der Waals surface area contributed by atoms with Crippen LogP contribution in [0.15, 0.2) is 54.7 Å². The number of anilines is 1. The predicted molar refractivity (Wildman–Crippen MR) is 130 cm³/mol. The lowest BCUT2D eigenvalue weighted by molar-refractivity contribution is -0.143. The number of rotatable bonds is 6. The van der Waals surface area contributed by atoms with Crippen LogP contribution in [0.4, 0.5) is 23.2 Å². The number of halogens is 4. The van der Waals surface area contributed by atoms with Crippen LogP contribution >= 0.6 is 0 Å². The number of hydrogen-bond donors (Lipinski definition) is 1. The molecule has 0 spiro atoms. The number of nitrogens with one attached hydrogen (secondary N) is 1. The monoisotopic (exact) mass is 516 g/mol. The molecule has 2 fully saturated rings. The molecule has 1 N–H and O–H groups in total. The number of amides is 2. The third kappa shape index (κ3) is 5.19. The zero-order chi connectivity index (χ0) is 26.4. The third-order valence-electron chi connectivity index (χ3n) is 7.35. The smallest absolute Gasteiger partial charge is 0.321 e. The first-order valence-electron chi connectivity index (χ1n) is 12.4. The van der Waals surface area contributed by atoms with Crippen LogP contribution in [-0.2, 0) is 16.1 Å². The molecular weight excluding hydrogens is 488 g/mol. The molecule has 1 aromatic heterocycles. The fourth-order valence-electron chi connectivity index (χ4n) is 5.39. The number of alkyl halides is 4. The summed E-state index contributed by atoms with van der Waals surface area (Å²) in [6.45, 7) is 1.06. The summed E-state index contributed by atoms with van der Waals surface area (Å²) in [7, 11) is 0. The molecule has 2 aromatic carbocycles. The van der Waals surface area contributed by atoms with Crippen LogP contribution in [0.5, 0.6) is 0 Å². The van der Waals surface area contributed by atoms with Crippen molar-refractivity contribution in [2.75, 3.05) is 4.90 Å². The third-order valence-corrected chi connectivity index (χ3v) is 7.35. The highest BCUT2D eigenvalue weighted by molar-refractivity contribution is 6.00. The Morgan fingerprint density at radius 3 is 2.51 bits per heavy atom. The van der Waals surface area contributed by atoms with E-state index in [4.69, 9.17) is 0 Å². The van der Waals surface area contributed by atoms with E-state index in [2.05, 4.69) is 10.4 Å². The first kappa shape index (κ1) is 25.2. The standard InChI is InChI=1S/C27H28F4N4O2/c1-26(28,29)25(37)33-21-14-23(36)35(24(21)18-5-3-2-4-6-18)20-7-8-22-19(13-20)15-32-34(22)16-17-9-11-27(30,31)12-10-17/h2-8,13,15,17,21,24H,9-12,14,16H2,1H3,(H,33,37)/t21-,24?/m0/s1. The maximum absolute atomic E-state index is 13.6. The van der Waals surface area contributed by atoms with Crippen molar-refractivity contribution in [3.05, 3.63) is 60.3 Å². The first-order valence-corrected chi connectivity index (χ1v) is 12.4. The quantitative estimate of drug-likeness (QED) is 0.442. The van der Waals surface area contributed by atoms with Crippen LogP contribution < -0.4 is 10.2 Å². The summed E-state index contributed by atoms with van der Waals surface area (Å²) in [6, 6.07) is 12.9. The lowest BCUT2D eigenvalue weighted by Gasteiger charge is -2.30. The first-order chi connectivity index (χ1) is 17.5. The largest absolute Gasteiger partial charge is 0.345 e. The zero-order valence-electron chi connectivity index (χ0n) is 20.3. The van der Waals surface area contributed by atoms with Crippen LogP contribution in [-0.4, -0.2) is 39.5 Å². The number of carbonyl (C=O) groups excluding carboxylic acids is 2. The van der Waals surface area contributed by atoms with Crippen molar-refractivity contribution < 1.29 is 27.2 Å². The predicted octanol–water partition coefficient (Wildman–Crippen LogP) is 5.48. The average Bonchev–Trinajstić information content (AvgIpc) is 3.40. The number of fused-ring (bicyclic) bond motifs is 1. The second-order valence-electron chi connectivity index (χ2n) is 10.2. The second kappa shape index (κ2) is 9.46. The molecule has 0 radical (unpaired) electrons. The fraction of sp³-hybridized carbons (Fsp3) is 0.444. The van der Waals surface area contributed by atoms with Gasteiger partial charge >= 0.3 is 5.92 Å². The molecular formula is C27H28F4N4O2. The molecule has 6 nitrogen and oxygen atoms in total. The molecule has 3 aromatic rings. The van der Waals surface area contributed by atoms with E-state index in [0.29, 0.717) is 37.6 Å². The Morgan fingerprint density at radius 2 is 1.84 bits per heavy atom. The van der Waals surface area contributed by atoms with Crippen molar-refractivity contribution >= 4 is 28.4 Å². The van der Waals surface area contributed by atoms with Gasteiger partial charge in [0.25, 0.3) is 5.91 Å². The van der Waals surface area contributed by atoms with Gasteiger partial charge in [0.15, 0.2) is 0 Å². The molecule has 1 saturated heterocycles. The summed E-state index contributed by atoms with van der Waals surface area (Å²) in [5, 5.41) is 7.59. The highest BCUT2D eigenvalue weighted by Gasteiger charge is 2.45. The van der Waals surface area contributed by atoms with E-state index in [1.807, 2.05) is 12.1 Å². The van der Waals surface area contributed by atoms with Gasteiger partial charge < -0.3 is 10.2 Å². The minimum atomic E-state index is -3.57. The van der Waals surface area contributed by atoms with E-state index in [0.717, 1.165) is 10.9 Å². The minimum absolute atomic E-state index is 0.110. The molecule has 37 heavy (non-hydrogen) atoms. The molecule has 1 unspecified atom stereocenters. The lowest BCUT2D eigenvalue weighted by Crippen LogP contribution is -2.46. The number of nitrogens with zero attached hydrogens (tertiary/aromatic N) is 3. The van der Waals surface area contributed by atoms with E-state index in [1.165, 1.54) is 4.90 Å². The normalized spacial score (nSPS) is 22.5. The zero-order valence-corrected chi connectivity index (χ0v) is 20.3. The number of aromatic nitrogens is 2. The van der Waals surface area contributed by atoms with Crippen molar-refractivity contribution in [1.82, 2.24) is 15.1 Å². The Kier molecular flexibility index (Phi) is 6.45. The van der Waals surface area contributed by atoms with E-state index in [9.17, 15) is 27.2 Å². The van der Waals surface area contributed by atoms with Gasteiger partial charge in [0.1, 0.15) is 0 Å². The second-order valence-corrected chi connectivity index (χ2v) is 10.2. The highest BCUT2D eigenvalue weighted by atomic mass is 19.3. The molecule has 5 rings (SSSR count). The van der Waals surface area contributed by atoms with Gasteiger partial charge in [-0.05, 0) is 42.5 Å². The molecule has 2 atom stereocenters. The van der Waals surface area contributed by atoms with Crippen molar-refractivity contribution in [2.24, 2.45) is 5.92 Å². The van der Waals surface area contributed by atoms with E-state index in [1.54, 1.807) is 47.3 Å². The molecule has 1 aliphatic heterocycles. The summed E-state index contributed by atoms with van der Waals surface area (Å²) >= 11 is 0. The van der Waals surface area contributed by atoms with Crippen LogP contribution in [0.2, 0.25) is 0 Å². The van der Waals surface area contributed by atoms with Gasteiger partial charge in [-0.3, -0.25) is 14.3 Å². The topological polar surface area (TPSA) is 67.2 Å². The van der Waals surface area contributed by atoms with Gasteiger partial charge in [0.2, 0.25) is 11.8 Å². The summed E-state index contributed by atoms with van der Waals surface area (Å²) in [4.78, 5) is 26.8. The van der Waals surface area contributed by atoms with Gasteiger partial charge in [-0.25, -0.2) is 8.78 Å². The minimum Gasteiger partial charge on any atom is -0.345 e. The number of benzene rings is 2. The highest BCUT2D eigenvalue weighted by Crippen LogP contribution is 2.40. The Hall–Kier alpha value is -3.43. The van der Waals surface area contributed by atoms with Gasteiger partial charge in [-0.2, -0.15) is 13.9 Å².